The Kier molecular flexibility index (Phi) is 10.1. The molecule has 0 aromatic rings. The van der Waals surface area contributed by atoms with Crippen molar-refractivity contribution in [1.82, 2.24) is 5.32 Å². The second-order valence-electron chi connectivity index (χ2n) is 5.65. The number of hydrogen-bond donors (Lipinski definition) is 2. The van der Waals surface area contributed by atoms with E-state index in [9.17, 15) is 9.00 Å². The maximum atomic E-state index is 11.8. The van der Waals surface area contributed by atoms with E-state index in [1.54, 1.807) is 6.26 Å². The van der Waals surface area contributed by atoms with E-state index >= 15 is 0 Å². The molecule has 0 fully saturated rings. The van der Waals surface area contributed by atoms with E-state index < -0.39 is 10.8 Å². The molecule has 114 valence electrons. The Labute approximate surface area is 120 Å². The first-order chi connectivity index (χ1) is 8.86. The molecule has 3 N–H and O–H groups in total. The second kappa shape index (κ2) is 10.4. The molecule has 0 heterocycles. The molecule has 0 aliphatic heterocycles. The van der Waals surface area contributed by atoms with E-state index in [0.29, 0.717) is 30.6 Å². The molecule has 0 aliphatic carbocycles. The summed E-state index contributed by atoms with van der Waals surface area (Å²) in [5.41, 5.74) is 5.59. The van der Waals surface area contributed by atoms with Crippen molar-refractivity contribution < 1.29 is 9.00 Å². The maximum absolute atomic E-state index is 11.8. The summed E-state index contributed by atoms with van der Waals surface area (Å²) in [7, 11) is -0.786. The third kappa shape index (κ3) is 10.1. The predicted octanol–water partition coefficient (Wildman–Crippen LogP) is 1.66. The topological polar surface area (TPSA) is 72.2 Å². The minimum Gasteiger partial charge on any atom is -0.354 e. The molecule has 3 atom stereocenters. The summed E-state index contributed by atoms with van der Waals surface area (Å²) in [5.74, 6) is 1.83. The molecule has 0 aliphatic rings. The van der Waals surface area contributed by atoms with E-state index in [1.807, 2.05) is 6.92 Å². The van der Waals surface area contributed by atoms with Crippen LogP contribution in [0.1, 0.15) is 46.5 Å². The number of amides is 1. The highest BCUT2D eigenvalue weighted by Crippen LogP contribution is 2.20. The SMILES string of the molecule is CC(CCS(C)=O)NC(=O)CCC(CCN)C(C)C. The monoisotopic (exact) mass is 290 g/mol. The summed E-state index contributed by atoms with van der Waals surface area (Å²) < 4.78 is 11.0. The molecule has 1 amide bonds. The van der Waals surface area contributed by atoms with Crippen molar-refractivity contribution in [3.05, 3.63) is 0 Å². The highest BCUT2D eigenvalue weighted by Gasteiger charge is 2.15. The van der Waals surface area contributed by atoms with Crippen molar-refractivity contribution in [2.45, 2.75) is 52.5 Å². The first kappa shape index (κ1) is 18.6. The van der Waals surface area contributed by atoms with Crippen LogP contribution < -0.4 is 11.1 Å². The normalized spacial score (nSPS) is 16.1. The fourth-order valence-corrected chi connectivity index (χ4v) is 2.79. The zero-order valence-corrected chi connectivity index (χ0v) is 13.6. The number of nitrogens with one attached hydrogen (secondary N) is 1. The first-order valence-electron chi connectivity index (χ1n) is 7.16. The Morgan fingerprint density at radius 1 is 1.21 bits per heavy atom. The average molecular weight is 290 g/mol. The molecule has 0 spiro atoms. The van der Waals surface area contributed by atoms with Crippen molar-refractivity contribution in [3.63, 3.8) is 0 Å². The predicted molar refractivity (Wildman–Crippen MR) is 82.4 cm³/mol. The quantitative estimate of drug-likeness (QED) is 0.643. The van der Waals surface area contributed by atoms with E-state index in [-0.39, 0.29) is 11.9 Å². The minimum absolute atomic E-state index is 0.0945. The van der Waals surface area contributed by atoms with Crippen molar-refractivity contribution in [3.8, 4) is 0 Å². The zero-order valence-electron chi connectivity index (χ0n) is 12.8. The van der Waals surface area contributed by atoms with Gasteiger partial charge in [0, 0.05) is 35.3 Å². The van der Waals surface area contributed by atoms with Crippen LogP contribution in [0.4, 0.5) is 0 Å². The van der Waals surface area contributed by atoms with Gasteiger partial charge in [-0.25, -0.2) is 0 Å². The van der Waals surface area contributed by atoms with Crippen molar-refractivity contribution in [2.75, 3.05) is 18.6 Å². The van der Waals surface area contributed by atoms with Crippen LogP contribution in [0.15, 0.2) is 0 Å². The lowest BCUT2D eigenvalue weighted by Gasteiger charge is -2.20. The largest absolute Gasteiger partial charge is 0.354 e. The van der Waals surface area contributed by atoms with Crippen LogP contribution in [0.5, 0.6) is 0 Å². The summed E-state index contributed by atoms with van der Waals surface area (Å²) in [5, 5.41) is 2.97. The van der Waals surface area contributed by atoms with Crippen molar-refractivity contribution >= 4 is 16.7 Å². The number of hydrogen-bond acceptors (Lipinski definition) is 3. The zero-order chi connectivity index (χ0) is 14.8. The Morgan fingerprint density at radius 3 is 2.32 bits per heavy atom. The van der Waals surface area contributed by atoms with Crippen LogP contribution in [-0.4, -0.2) is 34.7 Å². The fraction of sp³-hybridized carbons (Fsp3) is 0.929. The number of nitrogens with two attached hydrogens (primary N) is 1. The smallest absolute Gasteiger partial charge is 0.220 e. The molecule has 0 saturated carbocycles. The maximum Gasteiger partial charge on any atom is 0.220 e. The highest BCUT2D eigenvalue weighted by molar-refractivity contribution is 7.84. The van der Waals surface area contributed by atoms with Crippen LogP contribution in [-0.2, 0) is 15.6 Å². The van der Waals surface area contributed by atoms with Crippen LogP contribution >= 0.6 is 0 Å². The summed E-state index contributed by atoms with van der Waals surface area (Å²) >= 11 is 0. The molecule has 0 radical (unpaired) electrons. The van der Waals surface area contributed by atoms with Gasteiger partial charge < -0.3 is 11.1 Å². The molecular weight excluding hydrogens is 260 g/mol. The van der Waals surface area contributed by atoms with E-state index in [2.05, 4.69) is 19.2 Å². The molecular formula is C14H30N2O2S. The van der Waals surface area contributed by atoms with Crippen LogP contribution in [0.2, 0.25) is 0 Å². The van der Waals surface area contributed by atoms with Gasteiger partial charge in [0.1, 0.15) is 0 Å². The van der Waals surface area contributed by atoms with Gasteiger partial charge in [0.15, 0.2) is 0 Å². The van der Waals surface area contributed by atoms with Crippen LogP contribution in [0, 0.1) is 11.8 Å². The van der Waals surface area contributed by atoms with Gasteiger partial charge in [-0.3, -0.25) is 9.00 Å². The van der Waals surface area contributed by atoms with E-state index in [4.69, 9.17) is 5.73 Å². The molecule has 5 heteroatoms. The summed E-state index contributed by atoms with van der Waals surface area (Å²) in [6.45, 7) is 7.00. The van der Waals surface area contributed by atoms with Crippen LogP contribution in [0.25, 0.3) is 0 Å². The van der Waals surface area contributed by atoms with Gasteiger partial charge >= 0.3 is 0 Å². The third-order valence-corrected chi connectivity index (χ3v) is 4.28. The Balaban J connectivity index is 3.92. The van der Waals surface area contributed by atoms with Gasteiger partial charge in [0.2, 0.25) is 5.91 Å². The Morgan fingerprint density at radius 2 is 1.84 bits per heavy atom. The van der Waals surface area contributed by atoms with Crippen molar-refractivity contribution in [1.29, 1.82) is 0 Å². The molecule has 0 rings (SSSR count). The molecule has 0 bridgehead atoms. The number of carbonyl (C=O) groups is 1. The fourth-order valence-electron chi connectivity index (χ4n) is 2.10. The molecule has 4 nitrogen and oxygen atoms in total. The highest BCUT2D eigenvalue weighted by atomic mass is 32.2. The Bertz CT molecular complexity index is 283. The standard InChI is InChI=1S/C14H30N2O2S/c1-11(2)13(7-9-15)5-6-14(17)16-12(3)8-10-19(4)18/h11-13H,5-10,15H2,1-4H3,(H,16,17). The van der Waals surface area contributed by atoms with Gasteiger partial charge in [-0.1, -0.05) is 13.8 Å². The lowest BCUT2D eigenvalue weighted by molar-refractivity contribution is -0.122. The lowest BCUT2D eigenvalue weighted by Crippen LogP contribution is -2.33. The van der Waals surface area contributed by atoms with Gasteiger partial charge in [-0.2, -0.15) is 0 Å². The molecule has 19 heavy (non-hydrogen) atoms. The van der Waals surface area contributed by atoms with E-state index in [0.717, 1.165) is 19.3 Å². The minimum atomic E-state index is -0.786. The number of rotatable bonds is 10. The molecule has 0 aromatic carbocycles. The summed E-state index contributed by atoms with van der Waals surface area (Å²) in [4.78, 5) is 11.8. The lowest BCUT2D eigenvalue weighted by atomic mass is 9.88. The van der Waals surface area contributed by atoms with Gasteiger partial charge in [-0.15, -0.1) is 0 Å². The molecule has 0 aromatic heterocycles. The van der Waals surface area contributed by atoms with Gasteiger partial charge in [-0.05, 0) is 44.6 Å². The van der Waals surface area contributed by atoms with E-state index in [1.165, 1.54) is 0 Å². The molecule has 0 saturated heterocycles. The summed E-state index contributed by atoms with van der Waals surface area (Å²) in [6, 6.07) is 0.100. The average Bonchev–Trinajstić information content (AvgIpc) is 2.31. The number of carbonyl (C=O) groups excluding carboxylic acids is 1. The van der Waals surface area contributed by atoms with Gasteiger partial charge in [0.25, 0.3) is 0 Å². The second-order valence-corrected chi connectivity index (χ2v) is 7.21. The van der Waals surface area contributed by atoms with Gasteiger partial charge in [0.05, 0.1) is 0 Å². The Hall–Kier alpha value is -0.420. The third-order valence-electron chi connectivity index (χ3n) is 3.47. The first-order valence-corrected chi connectivity index (χ1v) is 8.89. The van der Waals surface area contributed by atoms with Crippen LogP contribution in [0.3, 0.4) is 0 Å². The van der Waals surface area contributed by atoms with Crippen molar-refractivity contribution in [2.24, 2.45) is 17.6 Å². The molecule has 3 unspecified atom stereocenters. The summed E-state index contributed by atoms with van der Waals surface area (Å²) in [6.07, 6.45) is 4.89.